The summed E-state index contributed by atoms with van der Waals surface area (Å²) in [5, 5.41) is 3.36. The number of anilines is 1. The average Bonchev–Trinajstić information content (AvgIpc) is 2.36. The van der Waals surface area contributed by atoms with E-state index in [2.05, 4.69) is 51.0 Å². The van der Waals surface area contributed by atoms with Gasteiger partial charge in [-0.15, -0.1) is 0 Å². The zero-order chi connectivity index (χ0) is 13.0. The van der Waals surface area contributed by atoms with Crippen molar-refractivity contribution in [2.75, 3.05) is 31.1 Å². The Morgan fingerprint density at radius 1 is 1.61 bits per heavy atom. The Kier molecular flexibility index (Phi) is 4.97. The Balaban J connectivity index is 2.19. The Bertz CT molecular complexity index is 400. The van der Waals surface area contributed by atoms with E-state index in [4.69, 9.17) is 4.74 Å². The van der Waals surface area contributed by atoms with Gasteiger partial charge in [0.05, 0.1) is 12.7 Å². The van der Waals surface area contributed by atoms with Gasteiger partial charge in [0.25, 0.3) is 0 Å². The number of nitrogens with zero attached hydrogens (tertiary/aromatic N) is 2. The Labute approximate surface area is 117 Å². The number of hydrogen-bond acceptors (Lipinski definition) is 4. The van der Waals surface area contributed by atoms with Crippen molar-refractivity contribution in [1.29, 1.82) is 0 Å². The zero-order valence-corrected chi connectivity index (χ0v) is 12.5. The largest absolute Gasteiger partial charge is 0.375 e. The van der Waals surface area contributed by atoms with E-state index in [1.807, 2.05) is 6.20 Å². The second kappa shape index (κ2) is 6.50. The summed E-state index contributed by atoms with van der Waals surface area (Å²) in [6.45, 7) is 8.64. The molecule has 1 saturated heterocycles. The molecule has 1 aromatic rings. The first-order valence-electron chi connectivity index (χ1n) is 6.42. The van der Waals surface area contributed by atoms with Crippen LogP contribution in [0.2, 0.25) is 0 Å². The third kappa shape index (κ3) is 3.43. The summed E-state index contributed by atoms with van der Waals surface area (Å²) in [6, 6.07) is 2.14. The third-order valence-electron chi connectivity index (χ3n) is 3.02. The van der Waals surface area contributed by atoms with Crippen molar-refractivity contribution in [3.8, 4) is 0 Å². The van der Waals surface area contributed by atoms with Gasteiger partial charge in [-0.05, 0) is 35.5 Å². The number of hydrogen-bond donors (Lipinski definition) is 1. The number of aromatic nitrogens is 1. The van der Waals surface area contributed by atoms with Crippen molar-refractivity contribution >= 4 is 21.7 Å². The Hall–Kier alpha value is -0.650. The van der Waals surface area contributed by atoms with Crippen molar-refractivity contribution in [2.24, 2.45) is 0 Å². The molecule has 1 unspecified atom stereocenters. The lowest BCUT2D eigenvalue weighted by molar-refractivity contribution is 0.0529. The van der Waals surface area contributed by atoms with Crippen LogP contribution in [-0.4, -0.2) is 37.3 Å². The van der Waals surface area contributed by atoms with E-state index in [0.717, 1.165) is 43.1 Å². The Morgan fingerprint density at radius 2 is 2.44 bits per heavy atom. The normalized spacial score (nSPS) is 20.2. The first-order chi connectivity index (χ1) is 8.70. The van der Waals surface area contributed by atoms with E-state index in [0.29, 0.717) is 0 Å². The van der Waals surface area contributed by atoms with Crippen LogP contribution in [0.15, 0.2) is 16.7 Å². The van der Waals surface area contributed by atoms with Crippen molar-refractivity contribution in [1.82, 2.24) is 10.3 Å². The molecule has 1 fully saturated rings. The minimum absolute atomic E-state index is 0.274. The van der Waals surface area contributed by atoms with Crippen LogP contribution in [0.4, 0.5) is 5.82 Å². The lowest BCUT2D eigenvalue weighted by Gasteiger charge is -2.33. The fourth-order valence-electron chi connectivity index (χ4n) is 2.16. The van der Waals surface area contributed by atoms with Gasteiger partial charge in [0, 0.05) is 35.9 Å². The first-order valence-corrected chi connectivity index (χ1v) is 7.21. The molecule has 0 bridgehead atoms. The summed E-state index contributed by atoms with van der Waals surface area (Å²) in [5.74, 6) is 1.08. The van der Waals surface area contributed by atoms with Gasteiger partial charge < -0.3 is 15.0 Å². The van der Waals surface area contributed by atoms with Crippen LogP contribution in [-0.2, 0) is 11.3 Å². The van der Waals surface area contributed by atoms with Gasteiger partial charge in [-0.25, -0.2) is 4.98 Å². The maximum absolute atomic E-state index is 5.58. The summed E-state index contributed by atoms with van der Waals surface area (Å²) in [7, 11) is 0. The van der Waals surface area contributed by atoms with Crippen LogP contribution in [0.3, 0.4) is 0 Å². The molecule has 1 aliphatic heterocycles. The van der Waals surface area contributed by atoms with Crippen LogP contribution < -0.4 is 10.2 Å². The molecule has 1 atom stereocenters. The lowest BCUT2D eigenvalue weighted by Crippen LogP contribution is -2.42. The molecule has 0 amide bonds. The van der Waals surface area contributed by atoms with Gasteiger partial charge in [0.2, 0.25) is 0 Å². The van der Waals surface area contributed by atoms with Crippen molar-refractivity contribution in [3.63, 3.8) is 0 Å². The zero-order valence-electron chi connectivity index (χ0n) is 10.9. The quantitative estimate of drug-likeness (QED) is 0.924. The molecular formula is C13H20BrN3O. The molecule has 0 radical (unpaired) electrons. The predicted octanol–water partition coefficient (Wildman–Crippen LogP) is 2.18. The monoisotopic (exact) mass is 313 g/mol. The van der Waals surface area contributed by atoms with E-state index < -0.39 is 0 Å². The van der Waals surface area contributed by atoms with Crippen LogP contribution in [0.5, 0.6) is 0 Å². The maximum atomic E-state index is 5.58. The predicted molar refractivity (Wildman–Crippen MR) is 76.9 cm³/mol. The molecule has 5 heteroatoms. The molecule has 1 aliphatic rings. The maximum Gasteiger partial charge on any atom is 0.133 e. The minimum atomic E-state index is 0.274. The fourth-order valence-corrected chi connectivity index (χ4v) is 2.54. The average molecular weight is 314 g/mol. The topological polar surface area (TPSA) is 37.4 Å². The second-order valence-corrected chi connectivity index (χ2v) is 5.46. The molecule has 0 saturated carbocycles. The van der Waals surface area contributed by atoms with Gasteiger partial charge in [-0.2, -0.15) is 0 Å². The van der Waals surface area contributed by atoms with Crippen LogP contribution in [0, 0.1) is 0 Å². The number of pyridine rings is 1. The molecule has 0 aromatic carbocycles. The van der Waals surface area contributed by atoms with Crippen molar-refractivity contribution in [3.05, 3.63) is 22.3 Å². The molecule has 2 heterocycles. The molecule has 18 heavy (non-hydrogen) atoms. The molecule has 1 N–H and O–H groups in total. The number of nitrogens with one attached hydrogen (secondary N) is 1. The van der Waals surface area contributed by atoms with Crippen molar-refractivity contribution < 1.29 is 4.74 Å². The molecule has 0 aliphatic carbocycles. The Morgan fingerprint density at radius 3 is 3.17 bits per heavy atom. The van der Waals surface area contributed by atoms with Crippen LogP contribution in [0.25, 0.3) is 0 Å². The van der Waals surface area contributed by atoms with E-state index in [1.54, 1.807) is 0 Å². The van der Waals surface area contributed by atoms with E-state index in [1.165, 1.54) is 5.56 Å². The van der Waals surface area contributed by atoms with Crippen LogP contribution in [0.1, 0.15) is 19.4 Å². The van der Waals surface area contributed by atoms with E-state index in [9.17, 15) is 0 Å². The smallest absolute Gasteiger partial charge is 0.133 e. The highest BCUT2D eigenvalue weighted by Gasteiger charge is 2.20. The summed E-state index contributed by atoms with van der Waals surface area (Å²) in [4.78, 5) is 6.89. The number of ether oxygens (including phenoxy) is 1. The van der Waals surface area contributed by atoms with Gasteiger partial charge >= 0.3 is 0 Å². The molecular weight excluding hydrogens is 294 g/mol. The van der Waals surface area contributed by atoms with Crippen LogP contribution >= 0.6 is 15.9 Å². The van der Waals surface area contributed by atoms with Gasteiger partial charge in [-0.3, -0.25) is 0 Å². The van der Waals surface area contributed by atoms with E-state index >= 15 is 0 Å². The summed E-state index contributed by atoms with van der Waals surface area (Å²) in [6.07, 6.45) is 2.14. The van der Waals surface area contributed by atoms with Gasteiger partial charge in [-0.1, -0.05) is 6.92 Å². The number of morpholine rings is 1. The highest BCUT2D eigenvalue weighted by molar-refractivity contribution is 9.10. The second-order valence-electron chi connectivity index (χ2n) is 4.54. The van der Waals surface area contributed by atoms with Crippen molar-refractivity contribution in [2.45, 2.75) is 26.5 Å². The minimum Gasteiger partial charge on any atom is -0.375 e. The first kappa shape index (κ1) is 13.8. The summed E-state index contributed by atoms with van der Waals surface area (Å²) in [5.41, 5.74) is 1.24. The lowest BCUT2D eigenvalue weighted by atomic mass is 10.2. The number of halogens is 1. The third-order valence-corrected chi connectivity index (χ3v) is 3.45. The molecule has 2 rings (SSSR count). The summed E-state index contributed by atoms with van der Waals surface area (Å²) < 4.78 is 6.61. The van der Waals surface area contributed by atoms with Gasteiger partial charge in [0.15, 0.2) is 0 Å². The SMILES string of the molecule is CCNCc1cc(Br)cnc1N1CCOC(C)C1. The summed E-state index contributed by atoms with van der Waals surface area (Å²) >= 11 is 3.49. The molecule has 4 nitrogen and oxygen atoms in total. The molecule has 100 valence electrons. The highest BCUT2D eigenvalue weighted by Crippen LogP contribution is 2.23. The standard InChI is InChI=1S/C13H20BrN3O/c1-3-15-7-11-6-12(14)8-16-13(11)17-4-5-18-10(2)9-17/h6,8,10,15H,3-5,7,9H2,1-2H3. The molecule has 0 spiro atoms. The van der Waals surface area contributed by atoms with E-state index in [-0.39, 0.29) is 6.10 Å². The molecule has 1 aromatic heterocycles. The van der Waals surface area contributed by atoms with Gasteiger partial charge in [0.1, 0.15) is 5.82 Å². The highest BCUT2D eigenvalue weighted by atomic mass is 79.9. The fraction of sp³-hybridized carbons (Fsp3) is 0.615. The number of rotatable bonds is 4.